The topological polar surface area (TPSA) is 260 Å². The number of aromatic nitrogens is 8. The largest absolute Gasteiger partial charge is 0.504 e. The Morgan fingerprint density at radius 2 is 0.988 bits per heavy atom. The maximum Gasteiger partial charge on any atom is 0.316 e. The molecule has 1 atom stereocenters. The Balaban J connectivity index is 0.000000142. The summed E-state index contributed by atoms with van der Waals surface area (Å²) in [5.41, 5.74) is 5.79. The van der Waals surface area contributed by atoms with Crippen molar-refractivity contribution in [3.63, 3.8) is 0 Å². The van der Waals surface area contributed by atoms with Crippen LogP contribution in [0.3, 0.4) is 0 Å². The van der Waals surface area contributed by atoms with Gasteiger partial charge in [-0.3, -0.25) is 44.0 Å². The van der Waals surface area contributed by atoms with Gasteiger partial charge >= 0.3 is 6.01 Å². The number of H-pyrrole nitrogens is 3. The first-order valence-electron chi connectivity index (χ1n) is 30.4. The van der Waals surface area contributed by atoms with E-state index in [2.05, 4.69) is 54.3 Å². The number of nitrogens with one attached hydrogen (secondary N) is 3. The molecule has 6 aromatic rings. The molecule has 1 unspecified atom stereocenters. The summed E-state index contributed by atoms with van der Waals surface area (Å²) in [6.07, 6.45) is 14.4. The lowest BCUT2D eigenvalue weighted by atomic mass is 9.93. The molecule has 12 rings (SSSR count). The molecule has 456 valence electrons. The van der Waals surface area contributed by atoms with E-state index in [0.29, 0.717) is 55.1 Å². The van der Waals surface area contributed by atoms with Crippen LogP contribution in [0.25, 0.3) is 0 Å². The predicted molar refractivity (Wildman–Crippen MR) is 325 cm³/mol. The summed E-state index contributed by atoms with van der Waals surface area (Å²) in [5, 5.41) is 19.9. The van der Waals surface area contributed by atoms with Crippen LogP contribution in [0.1, 0.15) is 123 Å². The first kappa shape index (κ1) is 60.5. The van der Waals surface area contributed by atoms with Gasteiger partial charge in [-0.1, -0.05) is 12.1 Å². The summed E-state index contributed by atoms with van der Waals surface area (Å²) in [5.74, 6) is 4.39. The predicted octanol–water partition coefficient (Wildman–Crippen LogP) is 6.10. The number of piperidine rings is 3. The van der Waals surface area contributed by atoms with Crippen molar-refractivity contribution in [1.29, 1.82) is 0 Å². The van der Waals surface area contributed by atoms with Crippen LogP contribution in [0.15, 0.2) is 81.4 Å². The first-order chi connectivity index (χ1) is 41.4. The average Bonchev–Trinajstić information content (AvgIpc) is 4.48. The molecule has 2 aromatic carbocycles. The van der Waals surface area contributed by atoms with Crippen molar-refractivity contribution in [3.8, 4) is 29.0 Å². The molecule has 6 saturated heterocycles. The SMILES string of the molecule is CCOc1cc(CN2CCCC(c3cc(=O)[nH]c(N4CCOCC4)n3)C2)ccc1O.COc1ccc(CN2CCC(c3cc(=O)[nH]c(N4CCCC4)n3)CC2)cc1O.COc1ncc(CN2CCC(c3cc(=O)[nH]c(N4CCCC4)n3)CC2)cn1. The molecule has 0 amide bonds. The van der Waals surface area contributed by atoms with E-state index in [1.54, 1.807) is 50.6 Å². The minimum absolute atomic E-state index is 0.0419. The number of nitrogens with zero attached hydrogens (tertiary/aromatic N) is 11. The van der Waals surface area contributed by atoms with Crippen LogP contribution in [-0.2, 0) is 24.4 Å². The van der Waals surface area contributed by atoms with E-state index in [0.717, 1.165) is 195 Å². The highest BCUT2D eigenvalue weighted by Crippen LogP contribution is 2.33. The van der Waals surface area contributed by atoms with E-state index in [4.69, 9.17) is 33.9 Å². The van der Waals surface area contributed by atoms with Crippen LogP contribution < -0.4 is 45.6 Å². The zero-order valence-electron chi connectivity index (χ0n) is 49.6. The lowest BCUT2D eigenvalue weighted by Gasteiger charge is -2.33. The highest BCUT2D eigenvalue weighted by Gasteiger charge is 2.28. The van der Waals surface area contributed by atoms with Gasteiger partial charge in [0.05, 0.1) is 51.1 Å². The van der Waals surface area contributed by atoms with Crippen molar-refractivity contribution >= 4 is 17.8 Å². The number of benzene rings is 2. The van der Waals surface area contributed by atoms with Gasteiger partial charge in [-0.15, -0.1) is 0 Å². The lowest BCUT2D eigenvalue weighted by molar-refractivity contribution is 0.122. The number of morpholine rings is 1. The van der Waals surface area contributed by atoms with Crippen LogP contribution in [0, 0.1) is 0 Å². The van der Waals surface area contributed by atoms with Crippen molar-refractivity contribution in [2.45, 2.75) is 109 Å². The minimum atomic E-state index is -0.0986. The second-order valence-electron chi connectivity index (χ2n) is 23.0. The monoisotopic (exact) mass is 1170 g/mol. The number of methoxy groups -OCH3 is 2. The zero-order chi connectivity index (χ0) is 59.1. The lowest BCUT2D eigenvalue weighted by Crippen LogP contribution is -2.39. The Kier molecular flexibility index (Phi) is 21.0. The van der Waals surface area contributed by atoms with Gasteiger partial charge in [-0.05, 0) is 139 Å². The Hall–Kier alpha value is -7.60. The number of rotatable bonds is 16. The summed E-state index contributed by atoms with van der Waals surface area (Å²) in [7, 11) is 3.12. The quantitative estimate of drug-likeness (QED) is 0.0733. The summed E-state index contributed by atoms with van der Waals surface area (Å²) < 4.78 is 21.0. The summed E-state index contributed by atoms with van der Waals surface area (Å²) in [6.45, 7) is 17.2. The summed E-state index contributed by atoms with van der Waals surface area (Å²) in [6, 6.07) is 16.5. The van der Waals surface area contributed by atoms with E-state index in [1.807, 2.05) is 37.5 Å². The van der Waals surface area contributed by atoms with Gasteiger partial charge < -0.3 is 43.9 Å². The molecule has 10 heterocycles. The molecule has 23 nitrogen and oxygen atoms in total. The molecule has 4 aromatic heterocycles. The van der Waals surface area contributed by atoms with Crippen molar-refractivity contribution in [2.75, 3.05) is 127 Å². The third-order valence-electron chi connectivity index (χ3n) is 17.0. The highest BCUT2D eigenvalue weighted by atomic mass is 16.5. The van der Waals surface area contributed by atoms with Crippen LogP contribution >= 0.6 is 0 Å². The Morgan fingerprint density at radius 1 is 0.506 bits per heavy atom. The van der Waals surface area contributed by atoms with E-state index < -0.39 is 0 Å². The number of ether oxygens (including phenoxy) is 4. The zero-order valence-corrected chi connectivity index (χ0v) is 49.6. The number of hydrogen-bond donors (Lipinski definition) is 5. The van der Waals surface area contributed by atoms with Gasteiger partial charge in [0.1, 0.15) is 0 Å². The van der Waals surface area contributed by atoms with E-state index in [9.17, 15) is 24.6 Å². The Bertz CT molecular complexity index is 3270. The minimum Gasteiger partial charge on any atom is -0.504 e. The molecule has 6 fully saturated rings. The van der Waals surface area contributed by atoms with Crippen molar-refractivity contribution in [1.82, 2.24) is 54.6 Å². The van der Waals surface area contributed by atoms with Crippen LogP contribution in [0.2, 0.25) is 0 Å². The molecule has 5 N–H and O–H groups in total. The third-order valence-corrected chi connectivity index (χ3v) is 17.0. The molecule has 0 saturated carbocycles. The standard InChI is InChI=1S/C22H30N4O4.C21H28N4O3.C19H26N6O2/c1-2-30-20-12-16(5-6-19(20)27)14-25-7-3-4-17(15-25)18-13-21(28)24-22(23-18)26-8-10-29-11-9-26;1-28-19-5-4-15(12-18(19)26)14-24-10-6-16(7-11-24)17-13-20(27)23-21(22-17)25-8-2-3-9-25;1-27-19-20-11-14(12-21-19)13-24-8-4-15(5-9-24)16-10-17(26)23-18(22-16)25-6-2-3-7-25/h5-6,12-13,17,27H,2-4,7-11,14-15H2,1H3,(H,23,24,28);4-5,12-13,16,26H,2-3,6-11,14H2,1H3,(H,22,23,27);10-12,15H,2-9,13H2,1H3,(H,22,23,26). The number of aromatic hydroxyl groups is 2. The maximum atomic E-state index is 12.3. The average molecular weight is 1170 g/mol. The normalized spacial score (nSPS) is 19.2. The second-order valence-corrected chi connectivity index (χ2v) is 23.0. The smallest absolute Gasteiger partial charge is 0.316 e. The number of likely N-dealkylation sites (tertiary alicyclic amines) is 3. The third kappa shape index (κ3) is 16.6. The fourth-order valence-electron chi connectivity index (χ4n) is 12.4. The van der Waals surface area contributed by atoms with E-state index >= 15 is 0 Å². The molecular formula is C62H84N14O9. The van der Waals surface area contributed by atoms with Crippen molar-refractivity contribution in [2.24, 2.45) is 0 Å². The first-order valence-corrected chi connectivity index (χ1v) is 30.4. The fraction of sp³-hybridized carbons (Fsp3) is 0.548. The van der Waals surface area contributed by atoms with Gasteiger partial charge in [-0.2, -0.15) is 0 Å². The number of phenolic OH excluding ortho intramolecular Hbond substituents is 2. The van der Waals surface area contributed by atoms with Crippen molar-refractivity contribution in [3.05, 3.63) is 132 Å². The van der Waals surface area contributed by atoms with Crippen LogP contribution in [0.5, 0.6) is 29.0 Å². The molecule has 0 aliphatic carbocycles. The molecule has 6 aliphatic rings. The molecule has 0 spiro atoms. The molecule has 0 bridgehead atoms. The van der Waals surface area contributed by atoms with E-state index in [1.165, 1.54) is 12.8 Å². The van der Waals surface area contributed by atoms with Crippen LogP contribution in [0.4, 0.5) is 17.8 Å². The highest BCUT2D eigenvalue weighted by molar-refractivity contribution is 5.43. The molecular weight excluding hydrogens is 1080 g/mol. The molecule has 85 heavy (non-hydrogen) atoms. The second kappa shape index (κ2) is 29.5. The van der Waals surface area contributed by atoms with Gasteiger partial charge in [0, 0.05) is 119 Å². The van der Waals surface area contributed by atoms with Gasteiger partial charge in [0.2, 0.25) is 17.8 Å². The fourth-order valence-corrected chi connectivity index (χ4v) is 12.4. The summed E-state index contributed by atoms with van der Waals surface area (Å²) >= 11 is 0. The number of hydrogen-bond acceptors (Lipinski definition) is 20. The van der Waals surface area contributed by atoms with Crippen LogP contribution in [-0.4, -0.2) is 177 Å². The van der Waals surface area contributed by atoms with Crippen molar-refractivity contribution < 1.29 is 29.2 Å². The Labute approximate surface area is 496 Å². The van der Waals surface area contributed by atoms with Gasteiger partial charge in [0.15, 0.2) is 23.0 Å². The van der Waals surface area contributed by atoms with E-state index in [-0.39, 0.29) is 34.1 Å². The molecule has 23 heteroatoms. The molecule has 0 radical (unpaired) electrons. The molecule has 6 aliphatic heterocycles. The summed E-state index contributed by atoms with van der Waals surface area (Å²) in [4.78, 5) is 81.6. The number of phenols is 2. The Morgan fingerprint density at radius 3 is 1.49 bits per heavy atom. The van der Waals surface area contributed by atoms with Gasteiger partial charge in [0.25, 0.3) is 16.7 Å². The van der Waals surface area contributed by atoms with Gasteiger partial charge in [-0.25, -0.2) is 24.9 Å². The number of anilines is 3. The maximum absolute atomic E-state index is 12.3. The number of aromatic amines is 3.